The van der Waals surface area contributed by atoms with Crippen LogP contribution in [0.5, 0.6) is 0 Å². The summed E-state index contributed by atoms with van der Waals surface area (Å²) in [7, 11) is -8.73. The number of nitrogens with zero attached hydrogens (tertiary/aromatic N) is 1. The van der Waals surface area contributed by atoms with Gasteiger partial charge in [0.15, 0.2) is 11.4 Å². The molecule has 0 aliphatic rings. The summed E-state index contributed by atoms with van der Waals surface area (Å²) in [5, 5.41) is 7.85. The highest BCUT2D eigenvalue weighted by Crippen LogP contribution is 2.25. The number of amides is 1. The molecule has 0 aliphatic heterocycles. The highest BCUT2D eigenvalue weighted by Gasteiger charge is 2.18. The van der Waals surface area contributed by atoms with Crippen molar-refractivity contribution in [3.8, 4) is 0 Å². The van der Waals surface area contributed by atoms with Gasteiger partial charge in [0.2, 0.25) is 16.6 Å². The first-order chi connectivity index (χ1) is 13.1. The minimum Gasteiger partial charge on any atom is -0.320 e. The number of carbonyl (C=O) groups is 1. The van der Waals surface area contributed by atoms with Gasteiger partial charge in [0.05, 0.1) is 10.6 Å². The molecule has 0 bridgehead atoms. The van der Waals surface area contributed by atoms with Crippen molar-refractivity contribution >= 4 is 37.5 Å². The highest BCUT2D eigenvalue weighted by atomic mass is 79.9. The van der Waals surface area contributed by atoms with Gasteiger partial charge in [0.25, 0.3) is 5.91 Å². The first-order valence-corrected chi connectivity index (χ1v) is 11.4. The molecule has 1 aromatic heterocycles. The van der Waals surface area contributed by atoms with Crippen LogP contribution in [0.25, 0.3) is 0 Å². The molecule has 0 saturated heterocycles. The Hall–Kier alpha value is -1.64. The highest BCUT2D eigenvalue weighted by molar-refractivity contribution is 9.10. The van der Waals surface area contributed by atoms with E-state index in [0.29, 0.717) is 10.2 Å². The summed E-state index contributed by atoms with van der Waals surface area (Å²) in [4.78, 5) is 12.3. The molecule has 0 radical (unpaired) electrons. The molecule has 10 nitrogen and oxygen atoms in total. The monoisotopic (exact) mass is 511 g/mol. The maximum Gasteiger partial charge on any atom is 0.290 e. The summed E-state index contributed by atoms with van der Waals surface area (Å²) in [5.41, 5.74) is 3.61. The molecule has 1 heterocycles. The van der Waals surface area contributed by atoms with E-state index in [0.717, 1.165) is 17.0 Å². The fourth-order valence-electron chi connectivity index (χ4n) is 2.49. The number of hydrogen-bond donors (Lipinski definition) is 2. The number of hydrogen-bond acceptors (Lipinski definition) is 7. The minimum absolute atomic E-state index is 0.0213. The lowest BCUT2D eigenvalue weighted by molar-refractivity contribution is -2.00. The van der Waals surface area contributed by atoms with Crippen molar-refractivity contribution in [1.29, 1.82) is 0 Å². The van der Waals surface area contributed by atoms with Gasteiger partial charge in [-0.1, -0.05) is 0 Å². The maximum atomic E-state index is 12.3. The van der Waals surface area contributed by atoms with Crippen LogP contribution in [-0.4, -0.2) is 14.3 Å². The molecular weight excluding hydrogens is 494 g/mol. The molecule has 13 heteroatoms. The van der Waals surface area contributed by atoms with Gasteiger partial charge < -0.3 is 5.32 Å². The molecule has 0 fully saturated rings. The molecule has 0 aliphatic carbocycles. The first-order valence-electron chi connectivity index (χ1n) is 7.79. The summed E-state index contributed by atoms with van der Waals surface area (Å²) in [6.07, 6.45) is 0. The van der Waals surface area contributed by atoms with E-state index in [4.69, 9.17) is 23.8 Å². The normalized spacial score (nSPS) is 11.5. The van der Waals surface area contributed by atoms with Crippen molar-refractivity contribution in [2.24, 2.45) is 5.14 Å². The average Bonchev–Trinajstić information content (AvgIpc) is 2.50. The van der Waals surface area contributed by atoms with Gasteiger partial charge in [-0.2, -0.15) is 4.57 Å². The Kier molecular flexibility index (Phi) is 8.68. The Morgan fingerprint density at radius 1 is 1.10 bits per heavy atom. The lowest BCUT2D eigenvalue weighted by Crippen LogP contribution is -2.68. The fraction of sp³-hybridized carbons (Fsp3) is 0.250. The first kappa shape index (κ1) is 25.4. The van der Waals surface area contributed by atoms with Crippen LogP contribution >= 0.6 is 15.9 Å². The van der Waals surface area contributed by atoms with E-state index in [2.05, 4.69) is 21.2 Å². The van der Waals surface area contributed by atoms with Crippen LogP contribution in [-0.2, 0) is 21.4 Å². The third-order valence-corrected chi connectivity index (χ3v) is 5.14. The summed E-state index contributed by atoms with van der Waals surface area (Å²) < 4.78 is 59.0. The van der Waals surface area contributed by atoms with Gasteiger partial charge in [0.1, 0.15) is 0 Å². The van der Waals surface area contributed by atoms with Crippen LogP contribution < -0.4 is 33.7 Å². The summed E-state index contributed by atoms with van der Waals surface area (Å²) in [5.74, 6) is -0.209. The van der Waals surface area contributed by atoms with E-state index in [1.165, 1.54) is 18.2 Å². The number of aryl methyl sites for hydroxylation is 3. The predicted molar refractivity (Wildman–Crippen MR) is 95.0 cm³/mol. The third kappa shape index (κ3) is 9.14. The number of aromatic nitrogens is 1. The molecule has 0 atom stereocenters. The van der Waals surface area contributed by atoms with Gasteiger partial charge in [-0.3, -0.25) is 4.79 Å². The van der Waals surface area contributed by atoms with Crippen molar-refractivity contribution in [3.63, 3.8) is 0 Å². The van der Waals surface area contributed by atoms with E-state index < -0.39 is 20.3 Å². The van der Waals surface area contributed by atoms with E-state index in [1.807, 2.05) is 37.5 Å². The zero-order valence-electron chi connectivity index (χ0n) is 15.6. The zero-order valence-corrected chi connectivity index (χ0v) is 18.8. The number of sulfonamides is 1. The zero-order chi connectivity index (χ0) is 22.6. The number of carbonyl (C=O) groups excluding carboxylic acids is 1. The van der Waals surface area contributed by atoms with Gasteiger partial charge in [0, 0.05) is 30.5 Å². The smallest absolute Gasteiger partial charge is 0.290 e. The standard InChI is InChI=1S/C16H18BrN3O3S.ClHO4/c1-10-6-11(2)20(12(3)7-10)9-16(21)19-15-5-4-13(8-14(15)17)24(18,22)23;2-1(3,4)5/h4-8H,9H2,1-3H3,(H2-,18,19,21,22,23);(H,2,3,4,5). The number of rotatable bonds is 4. The van der Waals surface area contributed by atoms with Crippen LogP contribution in [0.3, 0.4) is 0 Å². The average molecular weight is 513 g/mol. The topological polar surface area (TPSA) is 185 Å². The van der Waals surface area contributed by atoms with Crippen molar-refractivity contribution < 1.29 is 46.7 Å². The van der Waals surface area contributed by atoms with Crippen molar-refractivity contribution in [3.05, 3.63) is 51.8 Å². The SMILES string of the molecule is Cc1cc(C)[n+](CC(=O)Nc2ccc(S(N)(=O)=O)cc2Br)c(C)c1.[O-][Cl+3]([O-])([O-])[O-]. The Morgan fingerprint density at radius 2 is 1.59 bits per heavy atom. The fourth-order valence-corrected chi connectivity index (χ4v) is 3.66. The molecule has 1 amide bonds. The molecule has 2 rings (SSSR count). The van der Waals surface area contributed by atoms with E-state index in [9.17, 15) is 13.2 Å². The Labute approximate surface area is 178 Å². The molecule has 0 unspecified atom stereocenters. The predicted octanol–water partition coefficient (Wildman–Crippen LogP) is -2.81. The van der Waals surface area contributed by atoms with Crippen LogP contribution in [0.1, 0.15) is 17.0 Å². The third-order valence-electron chi connectivity index (χ3n) is 3.57. The van der Waals surface area contributed by atoms with E-state index in [-0.39, 0.29) is 17.3 Å². The number of pyridine rings is 1. The largest absolute Gasteiger partial charge is 0.320 e. The molecule has 160 valence electrons. The van der Waals surface area contributed by atoms with Crippen LogP contribution in [0.4, 0.5) is 5.69 Å². The molecular formula is C16H19BrClN3O7S. The van der Waals surface area contributed by atoms with E-state index >= 15 is 0 Å². The van der Waals surface area contributed by atoms with Crippen molar-refractivity contribution in [2.45, 2.75) is 32.2 Å². The van der Waals surface area contributed by atoms with E-state index in [1.54, 1.807) is 0 Å². The second-order valence-electron chi connectivity index (χ2n) is 6.01. The van der Waals surface area contributed by atoms with Gasteiger partial charge in [-0.15, -0.1) is 10.2 Å². The Bertz CT molecular complexity index is 981. The van der Waals surface area contributed by atoms with Gasteiger partial charge >= 0.3 is 0 Å². The second kappa shape index (κ2) is 9.91. The number of anilines is 1. The van der Waals surface area contributed by atoms with Crippen LogP contribution in [0.15, 0.2) is 39.7 Å². The Balaban J connectivity index is 0.000000749. The molecule has 1 aromatic carbocycles. The minimum atomic E-state index is -4.94. The second-order valence-corrected chi connectivity index (χ2v) is 9.19. The van der Waals surface area contributed by atoms with Crippen molar-refractivity contribution in [2.75, 3.05) is 5.32 Å². The summed E-state index contributed by atoms with van der Waals surface area (Å²) in [6, 6.07) is 8.24. The molecule has 29 heavy (non-hydrogen) atoms. The molecule has 3 N–H and O–H groups in total. The molecule has 0 saturated carbocycles. The Morgan fingerprint density at radius 3 is 2.00 bits per heavy atom. The number of nitrogens with two attached hydrogens (primary N) is 1. The quantitative estimate of drug-likeness (QED) is 0.414. The number of nitrogens with one attached hydrogen (secondary N) is 1. The maximum absolute atomic E-state index is 12.3. The summed E-state index contributed by atoms with van der Waals surface area (Å²) in [6.45, 7) is 6.07. The molecule has 0 spiro atoms. The van der Waals surface area contributed by atoms with Crippen LogP contribution in [0, 0.1) is 31.0 Å². The lowest BCUT2D eigenvalue weighted by atomic mass is 10.2. The van der Waals surface area contributed by atoms with Crippen molar-refractivity contribution in [1.82, 2.24) is 0 Å². The lowest BCUT2D eigenvalue weighted by Gasteiger charge is -2.17. The van der Waals surface area contributed by atoms with Gasteiger partial charge in [-0.05, 0) is 46.6 Å². The molecule has 2 aromatic rings. The summed E-state index contributed by atoms with van der Waals surface area (Å²) >= 11 is 3.25. The number of primary sulfonamides is 1. The van der Waals surface area contributed by atoms with Crippen LogP contribution in [0.2, 0.25) is 0 Å². The number of halogens is 2. The van der Waals surface area contributed by atoms with Gasteiger partial charge in [-0.25, -0.2) is 32.2 Å². The number of benzene rings is 1.